The summed E-state index contributed by atoms with van der Waals surface area (Å²) >= 11 is 5.58. The van der Waals surface area contributed by atoms with E-state index in [1.54, 1.807) is 12.4 Å². The molecule has 0 atom stereocenters. The summed E-state index contributed by atoms with van der Waals surface area (Å²) in [5.74, 6) is 7.27. The quantitative estimate of drug-likeness (QED) is 0.627. The molecule has 0 N–H and O–H groups in total. The smallest absolute Gasteiger partial charge is 0.139 e. The van der Waals surface area contributed by atoms with Gasteiger partial charge in [0.05, 0.1) is 6.20 Å². The molecule has 0 spiro atoms. The molecule has 0 bridgehead atoms. The van der Waals surface area contributed by atoms with Gasteiger partial charge in [0.1, 0.15) is 12.4 Å². The zero-order valence-electron chi connectivity index (χ0n) is 11.4. The van der Waals surface area contributed by atoms with Crippen LogP contribution in [0.1, 0.15) is 23.1 Å². The highest BCUT2D eigenvalue weighted by molar-refractivity contribution is 6.18. The zero-order chi connectivity index (χ0) is 14.2. The Labute approximate surface area is 124 Å². The van der Waals surface area contributed by atoms with E-state index in [0.717, 1.165) is 16.9 Å². The zero-order valence-corrected chi connectivity index (χ0v) is 12.2. The molecule has 1 heterocycles. The van der Waals surface area contributed by atoms with Gasteiger partial charge < -0.3 is 4.74 Å². The molecular weight excluding hydrogens is 270 g/mol. The number of ether oxygens (including phenoxy) is 1. The van der Waals surface area contributed by atoms with E-state index < -0.39 is 0 Å². The van der Waals surface area contributed by atoms with Gasteiger partial charge in [0.15, 0.2) is 0 Å². The van der Waals surface area contributed by atoms with Crippen molar-refractivity contribution in [2.45, 2.75) is 20.0 Å². The van der Waals surface area contributed by atoms with Crippen molar-refractivity contribution in [3.05, 3.63) is 59.4 Å². The van der Waals surface area contributed by atoms with Crippen LogP contribution in [0.2, 0.25) is 0 Å². The summed E-state index contributed by atoms with van der Waals surface area (Å²) in [6.45, 7) is 2.60. The van der Waals surface area contributed by atoms with Gasteiger partial charge in [0.25, 0.3) is 0 Å². The van der Waals surface area contributed by atoms with E-state index in [0.29, 0.717) is 18.9 Å². The minimum Gasteiger partial charge on any atom is -0.487 e. The maximum Gasteiger partial charge on any atom is 0.139 e. The second kappa shape index (κ2) is 7.57. The van der Waals surface area contributed by atoms with E-state index in [1.165, 1.54) is 5.56 Å². The van der Waals surface area contributed by atoms with Gasteiger partial charge in [-0.2, -0.15) is 0 Å². The van der Waals surface area contributed by atoms with Crippen molar-refractivity contribution in [1.82, 2.24) is 4.98 Å². The lowest BCUT2D eigenvalue weighted by Crippen LogP contribution is -1.96. The van der Waals surface area contributed by atoms with E-state index in [9.17, 15) is 0 Å². The van der Waals surface area contributed by atoms with E-state index in [4.69, 9.17) is 16.3 Å². The van der Waals surface area contributed by atoms with Crippen LogP contribution < -0.4 is 4.74 Å². The molecule has 0 radical (unpaired) electrons. The lowest BCUT2D eigenvalue weighted by Gasteiger charge is -2.06. The summed E-state index contributed by atoms with van der Waals surface area (Å²) in [6, 6.07) is 10.2. The van der Waals surface area contributed by atoms with Crippen LogP contribution in [0.15, 0.2) is 42.7 Å². The van der Waals surface area contributed by atoms with Crippen molar-refractivity contribution in [1.29, 1.82) is 0 Å². The molecule has 2 rings (SSSR count). The SMILES string of the molecule is Cc1ccc(COc2cncc(C#CCCCl)c2)cc1. The average molecular weight is 286 g/mol. The second-order valence-electron chi connectivity index (χ2n) is 4.42. The van der Waals surface area contributed by atoms with E-state index in [-0.39, 0.29) is 0 Å². The number of aromatic nitrogens is 1. The number of halogens is 1. The summed E-state index contributed by atoms with van der Waals surface area (Å²) in [5.41, 5.74) is 3.22. The summed E-state index contributed by atoms with van der Waals surface area (Å²) < 4.78 is 5.72. The van der Waals surface area contributed by atoms with Crippen LogP contribution in [-0.4, -0.2) is 10.9 Å². The highest BCUT2D eigenvalue weighted by Crippen LogP contribution is 2.13. The Balaban J connectivity index is 1.98. The number of rotatable bonds is 4. The van der Waals surface area contributed by atoms with Crippen LogP contribution in [0.4, 0.5) is 0 Å². The standard InChI is InChI=1S/C17H16ClNO/c1-14-5-7-15(8-6-14)13-20-17-10-16(11-19-12-17)4-2-3-9-18/h5-8,10-12H,3,9,13H2,1H3. The summed E-state index contributed by atoms with van der Waals surface area (Å²) in [7, 11) is 0. The predicted molar refractivity (Wildman–Crippen MR) is 82.0 cm³/mol. The van der Waals surface area contributed by atoms with Crippen LogP contribution >= 0.6 is 11.6 Å². The molecule has 2 nitrogen and oxygen atoms in total. The van der Waals surface area contributed by atoms with E-state index in [2.05, 4.69) is 48.0 Å². The van der Waals surface area contributed by atoms with Gasteiger partial charge in [-0.05, 0) is 18.6 Å². The summed E-state index contributed by atoms with van der Waals surface area (Å²) in [6.07, 6.45) is 4.09. The molecule has 0 aliphatic heterocycles. The van der Waals surface area contributed by atoms with Crippen molar-refractivity contribution in [3.8, 4) is 17.6 Å². The lowest BCUT2D eigenvalue weighted by molar-refractivity contribution is 0.305. The lowest BCUT2D eigenvalue weighted by atomic mass is 10.2. The first-order valence-corrected chi connectivity index (χ1v) is 6.99. The van der Waals surface area contributed by atoms with Gasteiger partial charge in [-0.3, -0.25) is 4.98 Å². The van der Waals surface area contributed by atoms with Gasteiger partial charge >= 0.3 is 0 Å². The minimum absolute atomic E-state index is 0.528. The summed E-state index contributed by atoms with van der Waals surface area (Å²) in [4.78, 5) is 4.13. The maximum absolute atomic E-state index is 5.72. The fourth-order valence-corrected chi connectivity index (χ4v) is 1.72. The molecule has 0 unspecified atom stereocenters. The predicted octanol–water partition coefficient (Wildman–Crippen LogP) is 3.95. The Kier molecular flexibility index (Phi) is 5.46. The van der Waals surface area contributed by atoms with E-state index >= 15 is 0 Å². The van der Waals surface area contributed by atoms with Crippen molar-refractivity contribution in [3.63, 3.8) is 0 Å². The average Bonchev–Trinajstić information content (AvgIpc) is 2.47. The molecule has 0 amide bonds. The van der Waals surface area contributed by atoms with Crippen LogP contribution in [-0.2, 0) is 6.61 Å². The van der Waals surface area contributed by atoms with Crippen LogP contribution in [0, 0.1) is 18.8 Å². The highest BCUT2D eigenvalue weighted by Gasteiger charge is 1.98. The maximum atomic E-state index is 5.72. The topological polar surface area (TPSA) is 22.1 Å². The van der Waals surface area contributed by atoms with Crippen LogP contribution in [0.3, 0.4) is 0 Å². The van der Waals surface area contributed by atoms with Crippen LogP contribution in [0.25, 0.3) is 0 Å². The van der Waals surface area contributed by atoms with Gasteiger partial charge in [-0.25, -0.2) is 0 Å². The fourth-order valence-electron chi connectivity index (χ4n) is 1.63. The molecule has 20 heavy (non-hydrogen) atoms. The first kappa shape index (κ1) is 14.4. The van der Waals surface area contributed by atoms with Crippen molar-refractivity contribution in [2.24, 2.45) is 0 Å². The second-order valence-corrected chi connectivity index (χ2v) is 4.80. The number of hydrogen-bond acceptors (Lipinski definition) is 2. The van der Waals surface area contributed by atoms with Gasteiger partial charge in [-0.1, -0.05) is 41.7 Å². The largest absolute Gasteiger partial charge is 0.487 e. The number of benzene rings is 1. The number of alkyl halides is 1. The minimum atomic E-state index is 0.528. The van der Waals surface area contributed by atoms with Crippen molar-refractivity contribution < 1.29 is 4.74 Å². The number of nitrogens with zero attached hydrogens (tertiary/aromatic N) is 1. The number of aryl methyl sites for hydroxylation is 1. The third kappa shape index (κ3) is 4.60. The Morgan fingerprint density at radius 1 is 1.20 bits per heavy atom. The highest BCUT2D eigenvalue weighted by atomic mass is 35.5. The fraction of sp³-hybridized carbons (Fsp3) is 0.235. The Morgan fingerprint density at radius 2 is 2.00 bits per heavy atom. The Hall–Kier alpha value is -1.98. The molecular formula is C17H16ClNO. The first-order valence-electron chi connectivity index (χ1n) is 6.46. The molecule has 1 aromatic heterocycles. The monoisotopic (exact) mass is 285 g/mol. The third-order valence-corrected chi connectivity index (χ3v) is 2.88. The molecule has 2 aromatic rings. The van der Waals surface area contributed by atoms with Crippen LogP contribution in [0.5, 0.6) is 5.75 Å². The number of hydrogen-bond donors (Lipinski definition) is 0. The molecule has 0 saturated carbocycles. The van der Waals surface area contributed by atoms with Crippen molar-refractivity contribution in [2.75, 3.05) is 5.88 Å². The molecule has 0 aliphatic rings. The normalized spacial score (nSPS) is 9.70. The Morgan fingerprint density at radius 3 is 2.75 bits per heavy atom. The van der Waals surface area contributed by atoms with E-state index in [1.807, 2.05) is 6.07 Å². The van der Waals surface area contributed by atoms with Gasteiger partial charge in [-0.15, -0.1) is 11.6 Å². The molecule has 3 heteroatoms. The molecule has 0 fully saturated rings. The summed E-state index contributed by atoms with van der Waals surface area (Å²) in [5, 5.41) is 0. The molecule has 0 aliphatic carbocycles. The van der Waals surface area contributed by atoms with Gasteiger partial charge in [0.2, 0.25) is 0 Å². The number of pyridine rings is 1. The molecule has 102 valence electrons. The molecule has 1 aromatic carbocycles. The molecule has 0 saturated heterocycles. The first-order chi connectivity index (χ1) is 9.78. The van der Waals surface area contributed by atoms with Crippen molar-refractivity contribution >= 4 is 11.6 Å². The van der Waals surface area contributed by atoms with Gasteiger partial charge in [0, 0.05) is 24.1 Å². The Bertz CT molecular complexity index is 611. The third-order valence-electron chi connectivity index (χ3n) is 2.69.